The molecular weight excluding hydrogens is 513 g/mol. The molecule has 2 aliphatic heterocycles. The van der Waals surface area contributed by atoms with Gasteiger partial charge in [0.2, 0.25) is 0 Å². The lowest BCUT2D eigenvalue weighted by molar-refractivity contribution is -0.145. The topological polar surface area (TPSA) is 61.6 Å². The molecule has 4 unspecified atom stereocenters. The van der Waals surface area contributed by atoms with E-state index in [0.29, 0.717) is 19.5 Å². The monoisotopic (exact) mass is 550 g/mol. The van der Waals surface area contributed by atoms with Gasteiger partial charge in [0.25, 0.3) is 0 Å². The van der Waals surface area contributed by atoms with Crippen LogP contribution in [0.5, 0.6) is 0 Å². The van der Waals surface area contributed by atoms with Gasteiger partial charge in [-0.05, 0) is 49.4 Å². The van der Waals surface area contributed by atoms with Gasteiger partial charge in [-0.1, -0.05) is 78.9 Å². The largest absolute Gasteiger partial charge is 0.416 e. The molecule has 40 heavy (non-hydrogen) atoms. The second kappa shape index (κ2) is 11.1. The van der Waals surface area contributed by atoms with Gasteiger partial charge in [-0.15, -0.1) is 0 Å². The Kier molecular flexibility index (Phi) is 7.90. The van der Waals surface area contributed by atoms with Crippen molar-refractivity contribution in [1.29, 1.82) is 0 Å². The van der Waals surface area contributed by atoms with Crippen molar-refractivity contribution >= 4 is 5.78 Å². The molecule has 0 saturated carbocycles. The standard InChI is InChI=1S/C32H37F3N4O/c1-23(40)31(36)29(27-15-9-10-16-28(27)32(33,34)35)37-18-20-39(31)26-17-19-38(22-24-11-5-3-6-12-24)30(2,21-26)25-13-7-4-8-14-25/h3-16,26,29,37H,17-22,36H2,1-2H3. The first kappa shape index (κ1) is 28.5. The summed E-state index contributed by atoms with van der Waals surface area (Å²) in [5.74, 6) is -0.352. The molecule has 5 nitrogen and oxygen atoms in total. The molecule has 212 valence electrons. The summed E-state index contributed by atoms with van der Waals surface area (Å²) < 4.78 is 42.1. The second-order valence-electron chi connectivity index (χ2n) is 11.2. The number of halogens is 3. The number of nitrogens with one attached hydrogen (secondary N) is 1. The summed E-state index contributed by atoms with van der Waals surface area (Å²) >= 11 is 0. The van der Waals surface area contributed by atoms with Crippen LogP contribution in [0.2, 0.25) is 0 Å². The van der Waals surface area contributed by atoms with Crippen LogP contribution >= 0.6 is 0 Å². The average Bonchev–Trinajstić information content (AvgIpc) is 2.95. The van der Waals surface area contributed by atoms with Crippen LogP contribution in [-0.4, -0.2) is 46.9 Å². The van der Waals surface area contributed by atoms with Crippen LogP contribution in [0.1, 0.15) is 55.0 Å². The third-order valence-corrected chi connectivity index (χ3v) is 8.87. The number of hydrogen-bond donors (Lipinski definition) is 2. The van der Waals surface area contributed by atoms with Gasteiger partial charge in [-0.3, -0.25) is 14.6 Å². The first-order valence-corrected chi connectivity index (χ1v) is 13.9. The van der Waals surface area contributed by atoms with Crippen LogP contribution in [0.15, 0.2) is 84.9 Å². The zero-order valence-corrected chi connectivity index (χ0v) is 23.0. The van der Waals surface area contributed by atoms with E-state index < -0.39 is 23.4 Å². The molecule has 2 fully saturated rings. The minimum atomic E-state index is -4.56. The van der Waals surface area contributed by atoms with Crippen molar-refractivity contribution < 1.29 is 18.0 Å². The van der Waals surface area contributed by atoms with Crippen molar-refractivity contribution in [3.8, 4) is 0 Å². The van der Waals surface area contributed by atoms with Gasteiger partial charge in [0, 0.05) is 37.8 Å². The number of rotatable bonds is 6. The summed E-state index contributed by atoms with van der Waals surface area (Å²) in [6, 6.07) is 25.0. The van der Waals surface area contributed by atoms with E-state index in [9.17, 15) is 18.0 Å². The van der Waals surface area contributed by atoms with Crippen LogP contribution < -0.4 is 11.1 Å². The Morgan fingerprint density at radius 2 is 1.60 bits per heavy atom. The number of nitrogens with two attached hydrogens (primary N) is 1. The highest BCUT2D eigenvalue weighted by Crippen LogP contribution is 2.45. The van der Waals surface area contributed by atoms with Crippen molar-refractivity contribution in [2.45, 2.75) is 62.7 Å². The van der Waals surface area contributed by atoms with Gasteiger partial charge in [0.1, 0.15) is 5.66 Å². The minimum Gasteiger partial charge on any atom is -0.306 e. The second-order valence-corrected chi connectivity index (χ2v) is 11.2. The Morgan fingerprint density at radius 3 is 2.25 bits per heavy atom. The number of piperidine rings is 1. The third kappa shape index (κ3) is 5.21. The van der Waals surface area contributed by atoms with Crippen LogP contribution in [0.3, 0.4) is 0 Å². The van der Waals surface area contributed by atoms with E-state index in [1.54, 1.807) is 6.07 Å². The fraction of sp³-hybridized carbons (Fsp3) is 0.406. The van der Waals surface area contributed by atoms with E-state index in [2.05, 4.69) is 41.4 Å². The van der Waals surface area contributed by atoms with E-state index in [1.165, 1.54) is 24.6 Å². The molecule has 0 aromatic heterocycles. The molecule has 0 bridgehead atoms. The number of carbonyl (C=O) groups is 1. The number of likely N-dealkylation sites (tertiary alicyclic amines) is 1. The predicted molar refractivity (Wildman–Crippen MR) is 150 cm³/mol. The number of benzene rings is 3. The van der Waals surface area contributed by atoms with Crippen LogP contribution in [0.25, 0.3) is 0 Å². The maximum absolute atomic E-state index is 14.0. The molecular formula is C32H37F3N4O. The van der Waals surface area contributed by atoms with E-state index >= 15 is 0 Å². The van der Waals surface area contributed by atoms with Gasteiger partial charge < -0.3 is 11.1 Å². The molecule has 8 heteroatoms. The molecule has 0 spiro atoms. The number of hydrogen-bond acceptors (Lipinski definition) is 5. The third-order valence-electron chi connectivity index (χ3n) is 8.87. The summed E-state index contributed by atoms with van der Waals surface area (Å²) in [6.45, 7) is 6.03. The Morgan fingerprint density at radius 1 is 0.975 bits per heavy atom. The number of piperazine rings is 1. The van der Waals surface area contributed by atoms with Crippen molar-refractivity contribution in [3.63, 3.8) is 0 Å². The van der Waals surface area contributed by atoms with Gasteiger partial charge >= 0.3 is 6.18 Å². The normalized spacial score (nSPS) is 28.4. The summed E-state index contributed by atoms with van der Waals surface area (Å²) in [6.07, 6.45) is -3.13. The van der Waals surface area contributed by atoms with Gasteiger partial charge in [-0.25, -0.2) is 0 Å². The predicted octanol–water partition coefficient (Wildman–Crippen LogP) is 5.48. The molecule has 3 aromatic rings. The first-order valence-electron chi connectivity index (χ1n) is 13.9. The fourth-order valence-electron chi connectivity index (χ4n) is 6.74. The highest BCUT2D eigenvalue weighted by Gasteiger charge is 2.54. The smallest absolute Gasteiger partial charge is 0.306 e. The lowest BCUT2D eigenvalue weighted by Gasteiger charge is -2.57. The number of alkyl halides is 3. The average molecular weight is 551 g/mol. The zero-order chi connectivity index (χ0) is 28.5. The maximum atomic E-state index is 14.0. The number of carbonyl (C=O) groups excluding carboxylic acids is 1. The van der Waals surface area contributed by atoms with E-state index in [0.717, 1.165) is 31.1 Å². The van der Waals surface area contributed by atoms with Crippen molar-refractivity contribution in [2.75, 3.05) is 19.6 Å². The highest BCUT2D eigenvalue weighted by molar-refractivity contribution is 5.87. The number of ketones is 1. The molecule has 3 aromatic carbocycles. The first-order chi connectivity index (χ1) is 19.0. The van der Waals surface area contributed by atoms with Gasteiger partial charge in [-0.2, -0.15) is 13.2 Å². The molecule has 0 amide bonds. The van der Waals surface area contributed by atoms with Crippen molar-refractivity contribution in [1.82, 2.24) is 15.1 Å². The molecule has 2 aliphatic rings. The summed E-state index contributed by atoms with van der Waals surface area (Å²) in [5.41, 5.74) is 6.59. The van der Waals surface area contributed by atoms with Crippen LogP contribution in [0, 0.1) is 0 Å². The summed E-state index contributed by atoms with van der Waals surface area (Å²) in [7, 11) is 0. The fourth-order valence-corrected chi connectivity index (χ4v) is 6.74. The maximum Gasteiger partial charge on any atom is 0.416 e. The Hall–Kier alpha value is -3.04. The minimum absolute atomic E-state index is 0.00438. The molecule has 2 heterocycles. The SMILES string of the molecule is CC(=O)C1(N)C(c2ccccc2C(F)(F)F)NCCN1C1CCN(Cc2ccccc2)C(C)(c2ccccc2)C1. The lowest BCUT2D eigenvalue weighted by Crippen LogP contribution is -2.74. The highest BCUT2D eigenvalue weighted by atomic mass is 19.4. The van der Waals surface area contributed by atoms with E-state index in [-0.39, 0.29) is 22.9 Å². The van der Waals surface area contributed by atoms with Crippen LogP contribution in [0.4, 0.5) is 13.2 Å². The molecule has 4 atom stereocenters. The van der Waals surface area contributed by atoms with Crippen molar-refractivity contribution in [3.05, 3.63) is 107 Å². The quantitative estimate of drug-likeness (QED) is 0.426. The van der Waals surface area contributed by atoms with Gasteiger partial charge in [0.05, 0.1) is 11.6 Å². The zero-order valence-electron chi connectivity index (χ0n) is 23.0. The number of Topliss-reactive ketones (excluding diaryl/α,β-unsaturated/α-hetero) is 1. The van der Waals surface area contributed by atoms with E-state index in [1.807, 2.05) is 41.3 Å². The molecule has 5 rings (SSSR count). The molecule has 2 saturated heterocycles. The Bertz CT molecular complexity index is 1320. The summed E-state index contributed by atoms with van der Waals surface area (Å²) in [4.78, 5) is 17.8. The lowest BCUT2D eigenvalue weighted by atomic mass is 9.76. The van der Waals surface area contributed by atoms with Crippen LogP contribution in [-0.2, 0) is 23.1 Å². The Labute approximate surface area is 234 Å². The Balaban J connectivity index is 1.52. The van der Waals surface area contributed by atoms with Gasteiger partial charge in [0.15, 0.2) is 5.78 Å². The summed E-state index contributed by atoms with van der Waals surface area (Å²) in [5, 5.41) is 3.18. The molecule has 0 aliphatic carbocycles. The van der Waals surface area contributed by atoms with E-state index in [4.69, 9.17) is 5.73 Å². The van der Waals surface area contributed by atoms with Crippen molar-refractivity contribution in [2.24, 2.45) is 5.73 Å². The number of nitrogens with zero attached hydrogens (tertiary/aromatic N) is 2. The molecule has 3 N–H and O–H groups in total. The molecule has 0 radical (unpaired) electrons.